The number of ether oxygens (including phenoxy) is 4. The number of esters is 2. The van der Waals surface area contributed by atoms with Crippen LogP contribution in [0.1, 0.15) is 194 Å². The number of hydrogen-bond donors (Lipinski definition) is 0. The van der Waals surface area contributed by atoms with E-state index in [0.29, 0.717) is 17.4 Å². The molecule has 0 spiro atoms. The number of aliphatic carboxylic acids is 1. The molecule has 9 nitrogen and oxygen atoms in total. The fourth-order valence-electron chi connectivity index (χ4n) is 6.41. The molecule has 9 heteroatoms. The number of unbranched alkanes of at least 4 members (excludes halogenated alkanes) is 20. The van der Waals surface area contributed by atoms with E-state index in [1.165, 1.54) is 103 Å². The summed E-state index contributed by atoms with van der Waals surface area (Å²) in [4.78, 5) is 37.0. The van der Waals surface area contributed by atoms with Gasteiger partial charge in [-0.25, -0.2) is 0 Å². The molecule has 0 saturated heterocycles. The van der Waals surface area contributed by atoms with E-state index in [1.807, 2.05) is 21.1 Å². The summed E-state index contributed by atoms with van der Waals surface area (Å²) in [6.45, 7) is 4.59. The lowest BCUT2D eigenvalue weighted by Crippen LogP contribution is -2.44. The average Bonchev–Trinajstić information content (AvgIpc) is 3.19. The molecule has 0 fully saturated rings. The first-order valence-electron chi connectivity index (χ1n) is 23.8. The standard InChI is InChI=1S/C50H89NO8/c1-6-8-10-12-14-16-18-20-22-23-24-25-27-28-30-32-34-36-38-40-47(52)57-44-46(45-58-50(49(54)55)56-43-42-51(3,4)5)59-48(53)41-39-37-35-33-31-29-26-21-19-17-15-13-11-9-7-2/h9,11,15,17,21,26,31,33,46,50H,6-8,10,12-14,16,18-20,22-25,27-30,32,34-45H2,1-5H3/b11-9-,17-15-,26-21-,33-31-. The quantitative estimate of drug-likeness (QED) is 0.0196. The van der Waals surface area contributed by atoms with Gasteiger partial charge < -0.3 is 33.3 Å². The zero-order valence-corrected chi connectivity index (χ0v) is 38.6. The van der Waals surface area contributed by atoms with Gasteiger partial charge in [-0.1, -0.05) is 178 Å². The second kappa shape index (κ2) is 42.0. The smallest absolute Gasteiger partial charge is 0.306 e. The van der Waals surface area contributed by atoms with E-state index >= 15 is 0 Å². The summed E-state index contributed by atoms with van der Waals surface area (Å²) in [6.07, 6.45) is 45.8. The first-order valence-corrected chi connectivity index (χ1v) is 23.8. The van der Waals surface area contributed by atoms with Gasteiger partial charge in [0.25, 0.3) is 0 Å². The molecule has 59 heavy (non-hydrogen) atoms. The van der Waals surface area contributed by atoms with Crippen molar-refractivity contribution in [3.8, 4) is 0 Å². The Morgan fingerprint density at radius 1 is 0.525 bits per heavy atom. The van der Waals surface area contributed by atoms with Gasteiger partial charge in [0.05, 0.1) is 40.3 Å². The number of likely N-dealkylation sites (N-methyl/N-ethyl adjacent to an activating group) is 1. The van der Waals surface area contributed by atoms with Crippen molar-refractivity contribution in [3.63, 3.8) is 0 Å². The molecule has 0 aromatic carbocycles. The first kappa shape index (κ1) is 56.2. The van der Waals surface area contributed by atoms with Gasteiger partial charge in [0.2, 0.25) is 0 Å². The monoisotopic (exact) mass is 832 g/mol. The molecule has 0 aliphatic heterocycles. The highest BCUT2D eigenvalue weighted by Crippen LogP contribution is 2.15. The fraction of sp³-hybridized carbons (Fsp3) is 0.780. The van der Waals surface area contributed by atoms with E-state index in [2.05, 4.69) is 62.5 Å². The zero-order chi connectivity index (χ0) is 43.5. The number of nitrogens with zero attached hydrogens (tertiary/aromatic N) is 1. The number of carbonyl (C=O) groups excluding carboxylic acids is 3. The minimum atomic E-state index is -1.63. The third kappa shape index (κ3) is 43.2. The molecule has 0 heterocycles. The van der Waals surface area contributed by atoms with Crippen LogP contribution in [0, 0.1) is 0 Å². The molecule has 2 unspecified atom stereocenters. The average molecular weight is 832 g/mol. The van der Waals surface area contributed by atoms with Gasteiger partial charge >= 0.3 is 11.9 Å². The number of rotatable bonds is 43. The number of carboxylic acid groups (broad SMARTS) is 1. The molecule has 342 valence electrons. The maximum absolute atomic E-state index is 12.7. The molecule has 2 atom stereocenters. The van der Waals surface area contributed by atoms with Crippen LogP contribution in [0.5, 0.6) is 0 Å². The predicted molar refractivity (Wildman–Crippen MR) is 242 cm³/mol. The Labute approximate surface area is 362 Å². The number of carbonyl (C=O) groups is 3. The van der Waals surface area contributed by atoms with Crippen LogP contribution in [0.2, 0.25) is 0 Å². The molecule has 0 bridgehead atoms. The molecule has 0 aliphatic carbocycles. The van der Waals surface area contributed by atoms with Gasteiger partial charge in [0.1, 0.15) is 13.2 Å². The van der Waals surface area contributed by atoms with E-state index in [-0.39, 0.29) is 38.6 Å². The molecule has 0 aromatic rings. The normalized spacial score (nSPS) is 13.3. The Hall–Kier alpha value is -2.75. The van der Waals surface area contributed by atoms with Gasteiger partial charge in [-0.3, -0.25) is 9.59 Å². The lowest BCUT2D eigenvalue weighted by atomic mass is 10.0. The van der Waals surface area contributed by atoms with Crippen molar-refractivity contribution in [2.24, 2.45) is 0 Å². The summed E-state index contributed by atoms with van der Waals surface area (Å²) in [5.41, 5.74) is 0. The molecule has 0 aliphatic rings. The Balaban J connectivity index is 4.41. The number of quaternary nitrogens is 1. The summed E-state index contributed by atoms with van der Waals surface area (Å²) >= 11 is 0. The summed E-state index contributed by atoms with van der Waals surface area (Å²) < 4.78 is 22.5. The van der Waals surface area contributed by atoms with Gasteiger partial charge in [0, 0.05) is 12.8 Å². The maximum Gasteiger partial charge on any atom is 0.306 e. The van der Waals surface area contributed by atoms with Gasteiger partial charge in [-0.15, -0.1) is 0 Å². The summed E-state index contributed by atoms with van der Waals surface area (Å²) in [6, 6.07) is 0. The van der Waals surface area contributed by atoms with Crippen LogP contribution in [-0.2, 0) is 33.3 Å². The van der Waals surface area contributed by atoms with Crippen molar-refractivity contribution < 1.29 is 42.9 Å². The largest absolute Gasteiger partial charge is 0.545 e. The van der Waals surface area contributed by atoms with Crippen LogP contribution < -0.4 is 5.11 Å². The van der Waals surface area contributed by atoms with Crippen molar-refractivity contribution in [1.29, 1.82) is 0 Å². The SMILES string of the molecule is CC/C=C\C/C=C\C/C=C\C/C=C\CCCCC(=O)OC(COC(=O)CCCCCCCCCCCCCCCCCCCCC)COC(OCC[N+](C)(C)C)C(=O)[O-]. The van der Waals surface area contributed by atoms with E-state index in [1.54, 1.807) is 0 Å². The fourth-order valence-corrected chi connectivity index (χ4v) is 6.41. The van der Waals surface area contributed by atoms with Crippen LogP contribution >= 0.6 is 0 Å². The van der Waals surface area contributed by atoms with E-state index in [0.717, 1.165) is 57.8 Å². The highest BCUT2D eigenvalue weighted by Gasteiger charge is 2.21. The molecular weight excluding hydrogens is 743 g/mol. The van der Waals surface area contributed by atoms with Crippen LogP contribution in [0.4, 0.5) is 0 Å². The topological polar surface area (TPSA) is 111 Å². The highest BCUT2D eigenvalue weighted by molar-refractivity contribution is 5.70. The third-order valence-electron chi connectivity index (χ3n) is 10.1. The number of allylic oxidation sites excluding steroid dienone is 8. The van der Waals surface area contributed by atoms with Crippen molar-refractivity contribution in [1.82, 2.24) is 0 Å². The minimum absolute atomic E-state index is 0.139. The van der Waals surface area contributed by atoms with Crippen molar-refractivity contribution >= 4 is 17.9 Å². The molecular formula is C50H89NO8. The predicted octanol–water partition coefficient (Wildman–Crippen LogP) is 11.4. The van der Waals surface area contributed by atoms with E-state index in [9.17, 15) is 19.5 Å². The van der Waals surface area contributed by atoms with Gasteiger partial charge in [-0.2, -0.15) is 0 Å². The van der Waals surface area contributed by atoms with Crippen LogP contribution in [0.15, 0.2) is 48.6 Å². The summed E-state index contributed by atoms with van der Waals surface area (Å²) in [5, 5.41) is 11.7. The van der Waals surface area contributed by atoms with Crippen LogP contribution in [0.25, 0.3) is 0 Å². The second-order valence-electron chi connectivity index (χ2n) is 17.0. The highest BCUT2D eigenvalue weighted by atomic mass is 16.7. The maximum atomic E-state index is 12.7. The summed E-state index contributed by atoms with van der Waals surface area (Å²) in [7, 11) is 5.89. The van der Waals surface area contributed by atoms with Crippen LogP contribution in [0.3, 0.4) is 0 Å². The Bertz CT molecular complexity index is 1110. The van der Waals surface area contributed by atoms with Crippen molar-refractivity contribution in [2.75, 3.05) is 47.5 Å². The first-order chi connectivity index (χ1) is 28.6. The second-order valence-corrected chi connectivity index (χ2v) is 17.0. The van der Waals surface area contributed by atoms with E-state index in [4.69, 9.17) is 18.9 Å². The van der Waals surface area contributed by atoms with E-state index < -0.39 is 24.3 Å². The van der Waals surface area contributed by atoms with Gasteiger partial charge in [-0.05, 0) is 51.4 Å². The third-order valence-corrected chi connectivity index (χ3v) is 10.1. The lowest BCUT2D eigenvalue weighted by Gasteiger charge is -2.26. The molecule has 0 aromatic heterocycles. The summed E-state index contributed by atoms with van der Waals surface area (Å²) in [5.74, 6) is -2.34. The Morgan fingerprint density at radius 3 is 1.44 bits per heavy atom. The lowest BCUT2D eigenvalue weighted by molar-refractivity contribution is -0.870. The molecule has 0 saturated carbocycles. The Morgan fingerprint density at radius 2 is 0.966 bits per heavy atom. The zero-order valence-electron chi connectivity index (χ0n) is 38.6. The number of carboxylic acids is 1. The minimum Gasteiger partial charge on any atom is -0.545 e. The molecule has 0 amide bonds. The van der Waals surface area contributed by atoms with Crippen molar-refractivity contribution in [2.45, 2.75) is 206 Å². The number of hydrogen-bond acceptors (Lipinski definition) is 8. The van der Waals surface area contributed by atoms with Crippen molar-refractivity contribution in [3.05, 3.63) is 48.6 Å². The van der Waals surface area contributed by atoms with Crippen LogP contribution in [-0.4, -0.2) is 82.3 Å². The molecule has 0 N–H and O–H groups in total. The Kier molecular flexibility index (Phi) is 40.0. The van der Waals surface area contributed by atoms with Gasteiger partial charge in [0.15, 0.2) is 12.4 Å². The molecule has 0 radical (unpaired) electrons. The molecule has 0 rings (SSSR count).